The van der Waals surface area contributed by atoms with Gasteiger partial charge in [-0.2, -0.15) is 16.3 Å². The summed E-state index contributed by atoms with van der Waals surface area (Å²) in [5.41, 5.74) is 1.27. The van der Waals surface area contributed by atoms with Crippen LogP contribution in [0.15, 0.2) is 21.3 Å². The highest BCUT2D eigenvalue weighted by molar-refractivity contribution is 7.07. The van der Waals surface area contributed by atoms with Gasteiger partial charge in [0, 0.05) is 13.0 Å². The number of rotatable bonds is 7. The molecule has 0 bridgehead atoms. The second kappa shape index (κ2) is 7.70. The van der Waals surface area contributed by atoms with Crippen LogP contribution in [-0.2, 0) is 17.6 Å². The largest absolute Gasteiger partial charge is 0.355 e. The number of thiophene rings is 1. The average molecular weight is 334 g/mol. The second-order valence-electron chi connectivity index (χ2n) is 5.76. The van der Waals surface area contributed by atoms with E-state index < -0.39 is 0 Å². The molecule has 1 N–H and O–H groups in total. The van der Waals surface area contributed by atoms with Crippen LogP contribution in [-0.4, -0.2) is 40.6 Å². The maximum Gasteiger partial charge on any atom is 0.234 e. The summed E-state index contributed by atoms with van der Waals surface area (Å²) in [5.74, 6) is 1.43. The van der Waals surface area contributed by atoms with Gasteiger partial charge in [-0.05, 0) is 48.2 Å². The van der Waals surface area contributed by atoms with E-state index >= 15 is 0 Å². The molecule has 23 heavy (non-hydrogen) atoms. The molecule has 1 unspecified atom stereocenters. The summed E-state index contributed by atoms with van der Waals surface area (Å²) in [6, 6.07) is 2.19. The first-order chi connectivity index (χ1) is 11.3. The van der Waals surface area contributed by atoms with E-state index in [4.69, 9.17) is 4.52 Å². The van der Waals surface area contributed by atoms with Crippen molar-refractivity contribution in [3.63, 3.8) is 0 Å². The van der Waals surface area contributed by atoms with Crippen molar-refractivity contribution in [1.82, 2.24) is 20.4 Å². The Morgan fingerprint density at radius 3 is 3.22 bits per heavy atom. The Labute approximate surface area is 139 Å². The molecule has 7 heteroatoms. The molecule has 2 aromatic rings. The lowest BCUT2D eigenvalue weighted by Crippen LogP contribution is -2.38. The lowest BCUT2D eigenvalue weighted by molar-refractivity contribution is -0.122. The van der Waals surface area contributed by atoms with Crippen LogP contribution in [0.2, 0.25) is 0 Å². The second-order valence-corrected chi connectivity index (χ2v) is 6.54. The summed E-state index contributed by atoms with van der Waals surface area (Å²) >= 11 is 1.68. The van der Waals surface area contributed by atoms with Gasteiger partial charge in [0.05, 0.1) is 12.6 Å². The van der Waals surface area contributed by atoms with Crippen LogP contribution in [0.4, 0.5) is 0 Å². The first-order valence-corrected chi connectivity index (χ1v) is 9.05. The van der Waals surface area contributed by atoms with E-state index in [2.05, 4.69) is 37.2 Å². The number of nitrogens with zero attached hydrogens (tertiary/aromatic N) is 3. The average Bonchev–Trinajstić information content (AvgIpc) is 3.28. The van der Waals surface area contributed by atoms with Crippen molar-refractivity contribution >= 4 is 17.2 Å². The highest BCUT2D eigenvalue weighted by Crippen LogP contribution is 2.29. The Balaban J connectivity index is 1.48. The van der Waals surface area contributed by atoms with Gasteiger partial charge in [-0.25, -0.2) is 0 Å². The van der Waals surface area contributed by atoms with E-state index in [-0.39, 0.29) is 11.9 Å². The molecule has 3 heterocycles. The monoisotopic (exact) mass is 334 g/mol. The normalized spacial score (nSPS) is 18.4. The molecule has 1 fully saturated rings. The summed E-state index contributed by atoms with van der Waals surface area (Å²) in [4.78, 5) is 18.7. The third-order valence-electron chi connectivity index (χ3n) is 4.11. The Kier molecular flexibility index (Phi) is 5.40. The molecule has 3 rings (SSSR count). The van der Waals surface area contributed by atoms with E-state index in [0.717, 1.165) is 32.2 Å². The smallest absolute Gasteiger partial charge is 0.234 e. The number of likely N-dealkylation sites (tertiary alicyclic amines) is 1. The van der Waals surface area contributed by atoms with E-state index in [1.807, 2.05) is 6.92 Å². The summed E-state index contributed by atoms with van der Waals surface area (Å²) in [7, 11) is 0. The lowest BCUT2D eigenvalue weighted by atomic mass is 10.2. The standard InChI is InChI=1S/C16H22N4O2S/c1-2-15-18-16(19-22-15)13-4-3-8-20(13)10-14(21)17-7-5-12-6-9-23-11-12/h6,9,11,13H,2-5,7-8,10H2,1H3,(H,17,21). The first-order valence-electron chi connectivity index (χ1n) is 8.10. The molecule has 2 aromatic heterocycles. The molecule has 6 nitrogen and oxygen atoms in total. The number of aromatic nitrogens is 2. The number of nitrogens with one attached hydrogen (secondary N) is 1. The fraction of sp³-hybridized carbons (Fsp3) is 0.562. The van der Waals surface area contributed by atoms with Crippen molar-refractivity contribution < 1.29 is 9.32 Å². The van der Waals surface area contributed by atoms with E-state index in [1.54, 1.807) is 11.3 Å². The van der Waals surface area contributed by atoms with Crippen LogP contribution >= 0.6 is 11.3 Å². The SMILES string of the molecule is CCc1nc(C2CCCN2CC(=O)NCCc2ccsc2)no1. The van der Waals surface area contributed by atoms with Crippen molar-refractivity contribution in [3.05, 3.63) is 34.1 Å². The van der Waals surface area contributed by atoms with Crippen molar-refractivity contribution in [3.8, 4) is 0 Å². The Hall–Kier alpha value is -1.73. The topological polar surface area (TPSA) is 71.3 Å². The molecule has 1 aliphatic rings. The molecule has 0 aromatic carbocycles. The van der Waals surface area contributed by atoms with Gasteiger partial charge in [0.15, 0.2) is 5.82 Å². The lowest BCUT2D eigenvalue weighted by Gasteiger charge is -2.21. The predicted octanol–water partition coefficient (Wildman–Crippen LogP) is 2.19. The quantitative estimate of drug-likeness (QED) is 0.840. The van der Waals surface area contributed by atoms with Crippen LogP contribution in [0, 0.1) is 0 Å². The number of hydrogen-bond acceptors (Lipinski definition) is 6. The molecular formula is C16H22N4O2S. The van der Waals surface area contributed by atoms with Crippen LogP contribution in [0.1, 0.15) is 43.1 Å². The molecular weight excluding hydrogens is 312 g/mol. The number of hydrogen-bond donors (Lipinski definition) is 1. The fourth-order valence-electron chi connectivity index (χ4n) is 2.88. The molecule has 0 aliphatic carbocycles. The van der Waals surface area contributed by atoms with Crippen molar-refractivity contribution in [2.45, 2.75) is 38.6 Å². The highest BCUT2D eigenvalue weighted by atomic mass is 32.1. The van der Waals surface area contributed by atoms with Gasteiger partial charge in [0.2, 0.25) is 11.8 Å². The van der Waals surface area contributed by atoms with Crippen LogP contribution in [0.3, 0.4) is 0 Å². The summed E-state index contributed by atoms with van der Waals surface area (Å²) in [6.45, 7) is 3.96. The van der Waals surface area contributed by atoms with Gasteiger partial charge in [0.25, 0.3) is 0 Å². The van der Waals surface area contributed by atoms with Gasteiger partial charge in [0.1, 0.15) is 0 Å². The van der Waals surface area contributed by atoms with E-state index in [1.165, 1.54) is 5.56 Å². The molecule has 1 amide bonds. The van der Waals surface area contributed by atoms with Crippen LogP contribution in [0.5, 0.6) is 0 Å². The minimum Gasteiger partial charge on any atom is -0.355 e. The zero-order valence-corrected chi connectivity index (χ0v) is 14.1. The van der Waals surface area contributed by atoms with Gasteiger partial charge >= 0.3 is 0 Å². The third kappa shape index (κ3) is 4.17. The molecule has 1 aliphatic heterocycles. The van der Waals surface area contributed by atoms with E-state index in [0.29, 0.717) is 24.8 Å². The molecule has 0 radical (unpaired) electrons. The molecule has 1 saturated heterocycles. The Morgan fingerprint density at radius 1 is 1.57 bits per heavy atom. The van der Waals surface area contributed by atoms with E-state index in [9.17, 15) is 4.79 Å². The van der Waals surface area contributed by atoms with Crippen molar-refractivity contribution in [1.29, 1.82) is 0 Å². The molecule has 0 spiro atoms. The third-order valence-corrected chi connectivity index (χ3v) is 4.84. The molecule has 0 saturated carbocycles. The van der Waals surface area contributed by atoms with Crippen molar-refractivity contribution in [2.75, 3.05) is 19.6 Å². The minimum absolute atomic E-state index is 0.0614. The van der Waals surface area contributed by atoms with Gasteiger partial charge in [-0.15, -0.1) is 0 Å². The predicted molar refractivity (Wildman–Crippen MR) is 88.3 cm³/mol. The molecule has 124 valence electrons. The van der Waals surface area contributed by atoms with Gasteiger partial charge < -0.3 is 9.84 Å². The number of carbonyl (C=O) groups excluding carboxylic acids is 1. The fourth-order valence-corrected chi connectivity index (χ4v) is 3.58. The zero-order chi connectivity index (χ0) is 16.1. The Bertz CT molecular complexity index is 626. The maximum absolute atomic E-state index is 12.2. The maximum atomic E-state index is 12.2. The summed E-state index contributed by atoms with van der Waals surface area (Å²) < 4.78 is 5.20. The molecule has 1 atom stereocenters. The van der Waals surface area contributed by atoms with Gasteiger partial charge in [-0.3, -0.25) is 9.69 Å². The Morgan fingerprint density at radius 2 is 2.48 bits per heavy atom. The van der Waals surface area contributed by atoms with Crippen LogP contribution in [0.25, 0.3) is 0 Å². The minimum atomic E-state index is 0.0614. The number of carbonyl (C=O) groups is 1. The summed E-state index contributed by atoms with van der Waals surface area (Å²) in [6.07, 6.45) is 3.65. The summed E-state index contributed by atoms with van der Waals surface area (Å²) in [5, 5.41) is 11.2. The zero-order valence-electron chi connectivity index (χ0n) is 13.3. The first kappa shape index (κ1) is 16.1. The number of aryl methyl sites for hydroxylation is 1. The van der Waals surface area contributed by atoms with Crippen molar-refractivity contribution in [2.24, 2.45) is 0 Å². The number of amides is 1. The highest BCUT2D eigenvalue weighted by Gasteiger charge is 2.31. The van der Waals surface area contributed by atoms with Crippen LogP contribution < -0.4 is 5.32 Å². The van der Waals surface area contributed by atoms with Gasteiger partial charge in [-0.1, -0.05) is 12.1 Å².